The Kier molecular flexibility index (Phi) is 6.85. The van der Waals surface area contributed by atoms with Gasteiger partial charge >= 0.3 is 5.97 Å². The maximum absolute atomic E-state index is 11.0. The van der Waals surface area contributed by atoms with Gasteiger partial charge in [0.25, 0.3) is 0 Å². The van der Waals surface area contributed by atoms with E-state index in [1.54, 1.807) is 6.92 Å². The van der Waals surface area contributed by atoms with Gasteiger partial charge in [0.1, 0.15) is 5.75 Å². The molecule has 24 heavy (non-hydrogen) atoms. The number of aromatic carboxylic acids is 1. The Balaban J connectivity index is 1.84. The van der Waals surface area contributed by atoms with Crippen molar-refractivity contribution < 1.29 is 19.2 Å². The van der Waals surface area contributed by atoms with Gasteiger partial charge in [0.2, 0.25) is 0 Å². The molecule has 130 valence electrons. The fraction of sp³-hybridized carbons (Fsp3) is 0.474. The fourth-order valence-electron chi connectivity index (χ4n) is 2.58. The number of hydrogen-bond donors (Lipinski definition) is 1. The van der Waals surface area contributed by atoms with Crippen LogP contribution in [0.2, 0.25) is 0 Å². The summed E-state index contributed by atoms with van der Waals surface area (Å²) in [6.07, 6.45) is 7.42. The van der Waals surface area contributed by atoms with Crippen LogP contribution < -0.4 is 4.74 Å². The smallest absolute Gasteiger partial charge is 0.358 e. The second kappa shape index (κ2) is 9.11. The van der Waals surface area contributed by atoms with Crippen LogP contribution in [0, 0.1) is 6.92 Å². The van der Waals surface area contributed by atoms with Gasteiger partial charge in [-0.1, -0.05) is 44.2 Å². The van der Waals surface area contributed by atoms with E-state index in [1.807, 2.05) is 24.3 Å². The highest BCUT2D eigenvalue weighted by molar-refractivity contribution is 5.88. The molecule has 0 aliphatic heterocycles. The van der Waals surface area contributed by atoms with Crippen LogP contribution in [0.4, 0.5) is 0 Å². The first-order valence-corrected chi connectivity index (χ1v) is 8.56. The highest BCUT2D eigenvalue weighted by Crippen LogP contribution is 2.27. The molecule has 0 unspecified atom stereocenters. The molecule has 1 N–H and O–H groups in total. The van der Waals surface area contributed by atoms with Crippen molar-refractivity contribution in [3.05, 3.63) is 35.5 Å². The van der Waals surface area contributed by atoms with Crippen LogP contribution in [0.15, 0.2) is 28.8 Å². The summed E-state index contributed by atoms with van der Waals surface area (Å²) in [6, 6.07) is 7.45. The third-order valence-electron chi connectivity index (χ3n) is 4.01. The minimum atomic E-state index is -1.08. The average Bonchev–Trinajstić information content (AvgIpc) is 2.96. The number of aromatic nitrogens is 1. The third kappa shape index (κ3) is 4.85. The number of carbonyl (C=O) groups is 1. The summed E-state index contributed by atoms with van der Waals surface area (Å²) in [7, 11) is 0. The van der Waals surface area contributed by atoms with Crippen molar-refractivity contribution >= 4 is 5.97 Å². The number of hydrogen-bond acceptors (Lipinski definition) is 4. The van der Waals surface area contributed by atoms with E-state index in [-0.39, 0.29) is 5.69 Å². The second-order valence-electron chi connectivity index (χ2n) is 5.93. The maximum atomic E-state index is 11.0. The van der Waals surface area contributed by atoms with Crippen LogP contribution in [-0.4, -0.2) is 22.8 Å². The fourth-order valence-corrected chi connectivity index (χ4v) is 2.58. The molecule has 0 spiro atoms. The van der Waals surface area contributed by atoms with Crippen LogP contribution in [0.3, 0.4) is 0 Å². The summed E-state index contributed by atoms with van der Waals surface area (Å²) < 4.78 is 10.9. The van der Waals surface area contributed by atoms with Crippen molar-refractivity contribution in [2.75, 3.05) is 6.61 Å². The number of rotatable bonds is 10. The van der Waals surface area contributed by atoms with Gasteiger partial charge in [0.05, 0.1) is 6.61 Å². The van der Waals surface area contributed by atoms with Gasteiger partial charge in [0.15, 0.2) is 11.5 Å². The SMILES string of the molecule is CCCCCCCCOc1ccc(-c2onc(C(=O)O)c2C)cc1. The lowest BCUT2D eigenvalue weighted by atomic mass is 10.1. The number of carboxylic acids is 1. The molecule has 2 aromatic rings. The van der Waals surface area contributed by atoms with E-state index in [2.05, 4.69) is 12.1 Å². The number of ether oxygens (including phenoxy) is 1. The van der Waals surface area contributed by atoms with E-state index in [0.29, 0.717) is 11.3 Å². The molecule has 0 fully saturated rings. The minimum Gasteiger partial charge on any atom is -0.494 e. The van der Waals surface area contributed by atoms with Crippen molar-refractivity contribution in [2.45, 2.75) is 52.4 Å². The molecule has 0 amide bonds. The van der Waals surface area contributed by atoms with Crippen LogP contribution in [0.1, 0.15) is 61.5 Å². The Morgan fingerprint density at radius 3 is 2.42 bits per heavy atom. The van der Waals surface area contributed by atoms with E-state index >= 15 is 0 Å². The first-order chi connectivity index (χ1) is 11.6. The van der Waals surface area contributed by atoms with Gasteiger partial charge in [-0.2, -0.15) is 0 Å². The van der Waals surface area contributed by atoms with Gasteiger partial charge in [0, 0.05) is 11.1 Å². The van der Waals surface area contributed by atoms with E-state index in [1.165, 1.54) is 32.1 Å². The van der Waals surface area contributed by atoms with Crippen LogP contribution in [0.25, 0.3) is 11.3 Å². The number of carboxylic acid groups (broad SMARTS) is 1. The zero-order valence-corrected chi connectivity index (χ0v) is 14.4. The highest BCUT2D eigenvalue weighted by Gasteiger charge is 2.18. The topological polar surface area (TPSA) is 72.6 Å². The van der Waals surface area contributed by atoms with Crippen molar-refractivity contribution in [1.29, 1.82) is 0 Å². The molecule has 0 radical (unpaired) electrons. The Bertz CT molecular complexity index is 646. The predicted octanol–water partition coefficient (Wildman–Crippen LogP) is 5.09. The van der Waals surface area contributed by atoms with Gasteiger partial charge in [-0.05, 0) is 37.6 Å². The molecule has 0 bridgehead atoms. The summed E-state index contributed by atoms with van der Waals surface area (Å²) in [4.78, 5) is 11.0. The Hall–Kier alpha value is -2.30. The maximum Gasteiger partial charge on any atom is 0.358 e. The minimum absolute atomic E-state index is 0.0478. The predicted molar refractivity (Wildman–Crippen MR) is 92.5 cm³/mol. The first kappa shape index (κ1) is 18.0. The molecule has 1 aromatic heterocycles. The van der Waals surface area contributed by atoms with Crippen molar-refractivity contribution in [2.24, 2.45) is 0 Å². The van der Waals surface area contributed by atoms with E-state index in [4.69, 9.17) is 14.4 Å². The molecule has 0 saturated heterocycles. The van der Waals surface area contributed by atoms with Gasteiger partial charge < -0.3 is 14.4 Å². The molecule has 0 aliphatic rings. The molecule has 1 heterocycles. The lowest BCUT2D eigenvalue weighted by Crippen LogP contribution is -1.98. The van der Waals surface area contributed by atoms with Gasteiger partial charge in [-0.3, -0.25) is 0 Å². The van der Waals surface area contributed by atoms with E-state index < -0.39 is 5.97 Å². The van der Waals surface area contributed by atoms with Crippen molar-refractivity contribution in [3.8, 4) is 17.1 Å². The number of benzene rings is 1. The molecule has 0 aliphatic carbocycles. The van der Waals surface area contributed by atoms with Gasteiger partial charge in [-0.25, -0.2) is 4.79 Å². The summed E-state index contributed by atoms with van der Waals surface area (Å²) in [5.74, 6) is 0.208. The highest BCUT2D eigenvalue weighted by atomic mass is 16.5. The van der Waals surface area contributed by atoms with Crippen molar-refractivity contribution in [3.63, 3.8) is 0 Å². The van der Waals surface area contributed by atoms with E-state index in [0.717, 1.165) is 24.3 Å². The Morgan fingerprint density at radius 1 is 1.12 bits per heavy atom. The number of unbranched alkanes of at least 4 members (excludes halogenated alkanes) is 5. The molecular formula is C19H25NO4. The molecular weight excluding hydrogens is 306 g/mol. The lowest BCUT2D eigenvalue weighted by Gasteiger charge is -2.07. The zero-order chi connectivity index (χ0) is 17.4. The van der Waals surface area contributed by atoms with Gasteiger partial charge in [-0.15, -0.1) is 0 Å². The molecule has 2 rings (SSSR count). The molecule has 5 heteroatoms. The normalized spacial score (nSPS) is 10.8. The van der Waals surface area contributed by atoms with Crippen LogP contribution >= 0.6 is 0 Å². The average molecular weight is 331 g/mol. The van der Waals surface area contributed by atoms with Crippen molar-refractivity contribution in [1.82, 2.24) is 5.16 Å². The number of nitrogens with zero attached hydrogens (tertiary/aromatic N) is 1. The lowest BCUT2D eigenvalue weighted by molar-refractivity contribution is 0.0685. The Morgan fingerprint density at radius 2 is 1.79 bits per heavy atom. The molecule has 5 nitrogen and oxygen atoms in total. The monoisotopic (exact) mass is 331 g/mol. The van der Waals surface area contributed by atoms with Crippen LogP contribution in [-0.2, 0) is 0 Å². The standard InChI is InChI=1S/C19H25NO4/c1-3-4-5-6-7-8-13-23-16-11-9-15(10-12-16)18-14(2)17(19(21)22)20-24-18/h9-12H,3-8,13H2,1-2H3,(H,21,22). The molecule has 0 saturated carbocycles. The quantitative estimate of drug-likeness (QED) is 0.614. The second-order valence-corrected chi connectivity index (χ2v) is 5.93. The Labute approximate surface area is 142 Å². The summed E-state index contributed by atoms with van der Waals surface area (Å²) in [5.41, 5.74) is 1.27. The summed E-state index contributed by atoms with van der Waals surface area (Å²) >= 11 is 0. The van der Waals surface area contributed by atoms with E-state index in [9.17, 15) is 4.79 Å². The van der Waals surface area contributed by atoms with Crippen LogP contribution in [0.5, 0.6) is 5.75 Å². The third-order valence-corrected chi connectivity index (χ3v) is 4.01. The largest absolute Gasteiger partial charge is 0.494 e. The molecule has 1 aromatic carbocycles. The first-order valence-electron chi connectivity index (χ1n) is 8.56. The zero-order valence-electron chi connectivity index (χ0n) is 14.4. The summed E-state index contributed by atoms with van der Waals surface area (Å²) in [5, 5.41) is 12.6. The summed E-state index contributed by atoms with van der Waals surface area (Å²) in [6.45, 7) is 4.63. The molecule has 0 atom stereocenters.